The lowest BCUT2D eigenvalue weighted by molar-refractivity contribution is -0.244. The molecular formula is C28H27ClN4O6. The molecule has 39 heavy (non-hydrogen) atoms. The second kappa shape index (κ2) is 11.5. The topological polar surface area (TPSA) is 146 Å². The maximum Gasteiger partial charge on any atom is 0.223 e. The molecule has 5 rings (SSSR count). The first-order valence-electron chi connectivity index (χ1n) is 12.3. The number of carbonyl (C=O) groups excluding carboxylic acids is 1. The monoisotopic (exact) mass is 550 g/mol. The fourth-order valence-corrected chi connectivity index (χ4v) is 4.48. The van der Waals surface area contributed by atoms with Crippen LogP contribution in [0, 0.1) is 0 Å². The van der Waals surface area contributed by atoms with Crippen molar-refractivity contribution < 1.29 is 29.6 Å². The molecule has 0 saturated carbocycles. The molecule has 3 aromatic carbocycles. The van der Waals surface area contributed by atoms with Crippen LogP contribution in [0.2, 0.25) is 5.02 Å². The summed E-state index contributed by atoms with van der Waals surface area (Å²) in [5, 5.41) is 37.5. The van der Waals surface area contributed by atoms with Gasteiger partial charge in [-0.1, -0.05) is 23.7 Å². The molecule has 0 radical (unpaired) electrons. The van der Waals surface area contributed by atoms with Gasteiger partial charge in [0, 0.05) is 28.6 Å². The summed E-state index contributed by atoms with van der Waals surface area (Å²) in [5.41, 5.74) is 2.32. The normalized spacial score (nSPS) is 22.8. The number of hydrogen-bond donors (Lipinski definition) is 5. The molecule has 202 valence electrons. The first-order chi connectivity index (χ1) is 18.8. The molecule has 1 saturated heterocycles. The third-order valence-electron chi connectivity index (χ3n) is 6.33. The molecule has 5 atom stereocenters. The quantitative estimate of drug-likeness (QED) is 0.234. The van der Waals surface area contributed by atoms with E-state index < -0.39 is 43.2 Å². The van der Waals surface area contributed by atoms with Gasteiger partial charge >= 0.3 is 0 Å². The Morgan fingerprint density at radius 1 is 1.00 bits per heavy atom. The third-order valence-corrected chi connectivity index (χ3v) is 6.58. The van der Waals surface area contributed by atoms with Gasteiger partial charge < -0.3 is 35.4 Å². The fraction of sp³-hybridized carbons (Fsp3) is 0.250. The number of rotatable bonds is 7. The zero-order valence-electron chi connectivity index (χ0n) is 20.9. The number of hydrogen-bond acceptors (Lipinski definition) is 9. The number of amides is 1. The summed E-state index contributed by atoms with van der Waals surface area (Å²) in [6, 6.07) is 20.9. The Labute approximate surface area is 229 Å². The number of aromatic nitrogens is 2. The summed E-state index contributed by atoms with van der Waals surface area (Å²) >= 11 is 6.04. The van der Waals surface area contributed by atoms with E-state index in [0.29, 0.717) is 22.4 Å². The standard InChI is InChI=1S/C28H27ClN4O6/c1-15(35)30-23-25(37)24(36)22(14-34)39-28(23)38-19-12-10-18(11-13-19)31-27-20-4-2-3-5-21(20)32-26(33-27)16-6-8-17(29)9-7-16/h2-13,22-25,28,34,36-37H,14H2,1H3,(H,30,35)(H,31,32,33)/t22-,23-,24+,25+,28-/m0/s1. The summed E-state index contributed by atoms with van der Waals surface area (Å²) < 4.78 is 11.5. The average molecular weight is 551 g/mol. The molecule has 4 aromatic rings. The highest BCUT2D eigenvalue weighted by atomic mass is 35.5. The summed E-state index contributed by atoms with van der Waals surface area (Å²) in [5.74, 6) is 1.12. The second-order valence-electron chi connectivity index (χ2n) is 9.12. The van der Waals surface area contributed by atoms with E-state index in [2.05, 4.69) is 10.6 Å². The van der Waals surface area contributed by atoms with E-state index in [9.17, 15) is 20.1 Å². The molecule has 1 aliphatic heterocycles. The number of benzene rings is 3. The lowest BCUT2D eigenvalue weighted by atomic mass is 9.97. The molecule has 1 aliphatic rings. The van der Waals surface area contributed by atoms with Crippen LogP contribution in [0.1, 0.15) is 6.92 Å². The van der Waals surface area contributed by atoms with Crippen molar-refractivity contribution in [3.8, 4) is 17.1 Å². The number of fused-ring (bicyclic) bond motifs is 1. The predicted molar refractivity (Wildman–Crippen MR) is 146 cm³/mol. The van der Waals surface area contributed by atoms with Crippen LogP contribution in [0.5, 0.6) is 5.75 Å². The molecular weight excluding hydrogens is 524 g/mol. The van der Waals surface area contributed by atoms with Crippen molar-refractivity contribution in [2.45, 2.75) is 37.6 Å². The highest BCUT2D eigenvalue weighted by Crippen LogP contribution is 2.30. The number of anilines is 2. The Bertz CT molecular complexity index is 1450. The number of carbonyl (C=O) groups is 1. The maximum atomic E-state index is 11.7. The minimum absolute atomic E-state index is 0.385. The van der Waals surface area contributed by atoms with E-state index in [0.717, 1.165) is 22.2 Å². The Hall–Kier alpha value is -3.80. The van der Waals surface area contributed by atoms with Gasteiger partial charge in [0.05, 0.1) is 12.1 Å². The lowest BCUT2D eigenvalue weighted by Gasteiger charge is -2.42. The van der Waals surface area contributed by atoms with Gasteiger partial charge in [-0.3, -0.25) is 4.79 Å². The van der Waals surface area contributed by atoms with E-state index in [1.54, 1.807) is 36.4 Å². The fourth-order valence-electron chi connectivity index (χ4n) is 4.36. The minimum atomic E-state index is -1.40. The van der Waals surface area contributed by atoms with Crippen molar-refractivity contribution >= 4 is 39.9 Å². The number of ether oxygens (including phenoxy) is 2. The number of aliphatic hydroxyl groups is 3. The molecule has 1 fully saturated rings. The van der Waals surface area contributed by atoms with Crippen LogP contribution in [0.3, 0.4) is 0 Å². The molecule has 0 unspecified atom stereocenters. The number of halogens is 1. The number of aliphatic hydroxyl groups excluding tert-OH is 3. The smallest absolute Gasteiger partial charge is 0.223 e. The lowest BCUT2D eigenvalue weighted by Crippen LogP contribution is -2.65. The highest BCUT2D eigenvalue weighted by molar-refractivity contribution is 6.30. The van der Waals surface area contributed by atoms with Crippen LogP contribution in [0.4, 0.5) is 11.5 Å². The number of para-hydroxylation sites is 1. The van der Waals surface area contributed by atoms with Gasteiger partial charge in [-0.15, -0.1) is 0 Å². The van der Waals surface area contributed by atoms with Gasteiger partial charge in [0.25, 0.3) is 0 Å². The van der Waals surface area contributed by atoms with Gasteiger partial charge in [0.15, 0.2) is 5.82 Å². The van der Waals surface area contributed by atoms with Crippen LogP contribution in [0.15, 0.2) is 72.8 Å². The van der Waals surface area contributed by atoms with Gasteiger partial charge in [0.2, 0.25) is 12.2 Å². The van der Waals surface area contributed by atoms with Gasteiger partial charge in [-0.25, -0.2) is 9.97 Å². The third kappa shape index (κ3) is 5.95. The minimum Gasteiger partial charge on any atom is -0.463 e. The van der Waals surface area contributed by atoms with Crippen molar-refractivity contribution in [2.75, 3.05) is 11.9 Å². The Morgan fingerprint density at radius 3 is 2.41 bits per heavy atom. The summed E-state index contributed by atoms with van der Waals surface area (Å²) in [7, 11) is 0. The van der Waals surface area contributed by atoms with E-state index in [1.165, 1.54) is 6.92 Å². The first kappa shape index (κ1) is 26.8. The molecule has 0 aliphatic carbocycles. The van der Waals surface area contributed by atoms with E-state index >= 15 is 0 Å². The van der Waals surface area contributed by atoms with E-state index in [1.807, 2.05) is 36.4 Å². The van der Waals surface area contributed by atoms with Crippen molar-refractivity contribution in [3.05, 3.63) is 77.8 Å². The predicted octanol–water partition coefficient (Wildman–Crippen LogP) is 3.02. The van der Waals surface area contributed by atoms with Crippen molar-refractivity contribution in [3.63, 3.8) is 0 Å². The van der Waals surface area contributed by atoms with Crippen LogP contribution in [-0.2, 0) is 9.53 Å². The Kier molecular flexibility index (Phi) is 7.92. The van der Waals surface area contributed by atoms with Crippen LogP contribution >= 0.6 is 11.6 Å². The molecule has 5 N–H and O–H groups in total. The van der Waals surface area contributed by atoms with Gasteiger partial charge in [-0.2, -0.15) is 0 Å². The molecule has 2 heterocycles. The number of nitrogens with zero attached hydrogens (tertiary/aromatic N) is 2. The molecule has 1 amide bonds. The van der Waals surface area contributed by atoms with Crippen molar-refractivity contribution in [1.82, 2.24) is 15.3 Å². The number of nitrogens with one attached hydrogen (secondary N) is 2. The van der Waals surface area contributed by atoms with E-state index in [4.69, 9.17) is 31.0 Å². The van der Waals surface area contributed by atoms with Crippen LogP contribution < -0.4 is 15.4 Å². The molecule has 11 heteroatoms. The summed E-state index contributed by atoms with van der Waals surface area (Å²) in [4.78, 5) is 21.1. The second-order valence-corrected chi connectivity index (χ2v) is 9.56. The molecule has 10 nitrogen and oxygen atoms in total. The zero-order valence-corrected chi connectivity index (χ0v) is 21.6. The molecule has 0 bridgehead atoms. The largest absolute Gasteiger partial charge is 0.463 e. The summed E-state index contributed by atoms with van der Waals surface area (Å²) in [6.45, 7) is 0.753. The molecule has 1 aromatic heterocycles. The van der Waals surface area contributed by atoms with Crippen LogP contribution in [0.25, 0.3) is 22.3 Å². The average Bonchev–Trinajstić information content (AvgIpc) is 2.94. The summed E-state index contributed by atoms with van der Waals surface area (Å²) in [6.07, 6.45) is -5.00. The zero-order chi connectivity index (χ0) is 27.5. The highest BCUT2D eigenvalue weighted by Gasteiger charge is 2.46. The van der Waals surface area contributed by atoms with Gasteiger partial charge in [0.1, 0.15) is 35.9 Å². The van der Waals surface area contributed by atoms with Gasteiger partial charge in [-0.05, 0) is 60.7 Å². The molecule has 0 spiro atoms. The SMILES string of the molecule is CC(=O)N[C@@H]1[C@@H](Oc2ccc(Nc3nc(-c4ccc(Cl)cc4)nc4ccccc34)cc2)O[C@@H](CO)[C@@H](O)[C@@H]1O. The Balaban J connectivity index is 1.38. The Morgan fingerprint density at radius 2 is 1.72 bits per heavy atom. The van der Waals surface area contributed by atoms with E-state index in [-0.39, 0.29) is 0 Å². The van der Waals surface area contributed by atoms with Crippen LogP contribution in [-0.4, -0.2) is 68.4 Å². The van der Waals surface area contributed by atoms with Crippen molar-refractivity contribution in [2.24, 2.45) is 0 Å². The maximum absolute atomic E-state index is 11.7. The van der Waals surface area contributed by atoms with Crippen molar-refractivity contribution in [1.29, 1.82) is 0 Å². The first-order valence-corrected chi connectivity index (χ1v) is 12.7.